The summed E-state index contributed by atoms with van der Waals surface area (Å²) < 4.78 is 0. The van der Waals surface area contributed by atoms with Crippen LogP contribution in [-0.2, 0) is 16.1 Å². The molecule has 0 saturated carbocycles. The van der Waals surface area contributed by atoms with E-state index in [2.05, 4.69) is 6.92 Å². The van der Waals surface area contributed by atoms with E-state index in [1.807, 2.05) is 24.3 Å². The van der Waals surface area contributed by atoms with Gasteiger partial charge in [-0.15, -0.1) is 0 Å². The van der Waals surface area contributed by atoms with Gasteiger partial charge < -0.3 is 0 Å². The first-order chi connectivity index (χ1) is 10.8. The molecule has 122 valence electrons. The van der Waals surface area contributed by atoms with Crippen LogP contribution < -0.4 is 4.89 Å². The molecule has 0 aliphatic carbocycles. The van der Waals surface area contributed by atoms with E-state index < -0.39 is 5.97 Å². The Balaban J connectivity index is 2.32. The Morgan fingerprint density at radius 3 is 2.45 bits per heavy atom. The number of benzene rings is 1. The maximum Gasteiger partial charge on any atom is 0.378 e. The monoisotopic (exact) mass is 304 g/mol. The molecule has 0 radical (unpaired) electrons. The molecule has 1 aromatic rings. The summed E-state index contributed by atoms with van der Waals surface area (Å²) >= 11 is 0. The zero-order valence-corrected chi connectivity index (χ0v) is 13.8. The van der Waals surface area contributed by atoms with Crippen molar-refractivity contribution >= 4 is 5.97 Å². The van der Waals surface area contributed by atoms with Gasteiger partial charge in [-0.25, -0.2) is 9.68 Å². The molecular weight excluding hydrogens is 276 g/mol. The summed E-state index contributed by atoms with van der Waals surface area (Å²) in [6.45, 7) is 4.00. The second-order valence-corrected chi connectivity index (χ2v) is 5.46. The molecule has 0 bridgehead atoms. The number of rotatable bonds is 11. The van der Waals surface area contributed by atoms with Crippen LogP contribution >= 0.6 is 0 Å². The molecule has 0 amide bonds. The first-order valence-electron chi connectivity index (χ1n) is 8.37. The molecule has 0 aromatic heterocycles. The molecule has 0 aliphatic rings. The summed E-state index contributed by atoms with van der Waals surface area (Å²) in [7, 11) is 0. The van der Waals surface area contributed by atoms with E-state index in [1.54, 1.807) is 13.0 Å². The van der Waals surface area contributed by atoms with Gasteiger partial charge in [-0.05, 0) is 31.4 Å². The summed E-state index contributed by atoms with van der Waals surface area (Å²) in [6.07, 6.45) is 12.9. The van der Waals surface area contributed by atoms with Crippen molar-refractivity contribution in [1.82, 2.24) is 0 Å². The molecule has 22 heavy (non-hydrogen) atoms. The van der Waals surface area contributed by atoms with Crippen molar-refractivity contribution in [3.05, 3.63) is 42.0 Å². The highest BCUT2D eigenvalue weighted by Gasteiger charge is 2.06. The van der Waals surface area contributed by atoms with E-state index in [9.17, 15) is 4.79 Å². The zero-order chi connectivity index (χ0) is 16.0. The molecular formula is C19H28O3. The Bertz CT molecular complexity index is 452. The van der Waals surface area contributed by atoms with Gasteiger partial charge in [-0.1, -0.05) is 69.7 Å². The number of allylic oxidation sites excluding steroid dienone is 1. The van der Waals surface area contributed by atoms with E-state index in [1.165, 1.54) is 44.6 Å². The van der Waals surface area contributed by atoms with E-state index in [0.717, 1.165) is 18.4 Å². The Labute approximate surface area is 134 Å². The highest BCUT2D eigenvalue weighted by molar-refractivity contribution is 5.81. The van der Waals surface area contributed by atoms with Crippen LogP contribution in [0.25, 0.3) is 0 Å². The fraction of sp³-hybridized carbons (Fsp3) is 0.526. The zero-order valence-electron chi connectivity index (χ0n) is 13.8. The number of aryl methyl sites for hydroxylation is 1. The average Bonchev–Trinajstić information content (AvgIpc) is 2.53. The molecule has 0 fully saturated rings. The molecule has 0 aliphatic heterocycles. The smallest absolute Gasteiger partial charge is 0.286 e. The Hall–Kier alpha value is -1.77. The lowest BCUT2D eigenvalue weighted by molar-refractivity contribution is -0.207. The van der Waals surface area contributed by atoms with Gasteiger partial charge in [-0.2, -0.15) is 0 Å². The topological polar surface area (TPSA) is 35.5 Å². The molecule has 0 spiro atoms. The second-order valence-electron chi connectivity index (χ2n) is 5.46. The van der Waals surface area contributed by atoms with Gasteiger partial charge >= 0.3 is 5.97 Å². The van der Waals surface area contributed by atoms with Gasteiger partial charge in [0.15, 0.2) is 5.75 Å². The Morgan fingerprint density at radius 2 is 1.73 bits per heavy atom. The number of carbonyl (C=O) groups is 1. The summed E-state index contributed by atoms with van der Waals surface area (Å²) in [4.78, 5) is 21.2. The average molecular weight is 304 g/mol. The predicted octanol–water partition coefficient (Wildman–Crippen LogP) is 5.39. The summed E-state index contributed by atoms with van der Waals surface area (Å²) in [6, 6.07) is 7.72. The van der Waals surface area contributed by atoms with Gasteiger partial charge in [-0.3, -0.25) is 4.89 Å². The molecule has 1 aromatic carbocycles. The molecule has 1 rings (SSSR count). The third-order valence-corrected chi connectivity index (χ3v) is 3.54. The predicted molar refractivity (Wildman–Crippen MR) is 89.7 cm³/mol. The number of para-hydroxylation sites is 1. The van der Waals surface area contributed by atoms with E-state index in [-0.39, 0.29) is 0 Å². The highest BCUT2D eigenvalue weighted by atomic mass is 17.2. The fourth-order valence-electron chi connectivity index (χ4n) is 2.31. The van der Waals surface area contributed by atoms with Crippen LogP contribution in [0.3, 0.4) is 0 Å². The van der Waals surface area contributed by atoms with Gasteiger partial charge in [0.05, 0.1) is 0 Å². The van der Waals surface area contributed by atoms with Crippen LogP contribution in [0.15, 0.2) is 36.4 Å². The van der Waals surface area contributed by atoms with Crippen LogP contribution in [0.5, 0.6) is 5.75 Å². The Morgan fingerprint density at radius 1 is 1.05 bits per heavy atom. The standard InChI is InChI=1S/C19H28O3/c1-3-5-6-7-8-9-10-14-17-15-11-12-16-18(17)21-22-19(20)13-4-2/h4,11-13,15-16H,3,5-10,14H2,1-2H3. The summed E-state index contributed by atoms with van der Waals surface area (Å²) in [5.74, 6) is 0.138. The second kappa shape index (κ2) is 11.8. The van der Waals surface area contributed by atoms with Crippen molar-refractivity contribution in [2.45, 2.75) is 65.2 Å². The van der Waals surface area contributed by atoms with Crippen molar-refractivity contribution < 1.29 is 14.6 Å². The van der Waals surface area contributed by atoms with Gasteiger partial charge in [0.1, 0.15) is 0 Å². The number of carbonyl (C=O) groups excluding carboxylic acids is 1. The maximum absolute atomic E-state index is 11.3. The SMILES string of the molecule is CC=CC(=O)OOc1ccccc1CCCCCCCCC. The van der Waals surface area contributed by atoms with Crippen molar-refractivity contribution in [1.29, 1.82) is 0 Å². The molecule has 0 unspecified atom stereocenters. The molecule has 0 saturated heterocycles. The van der Waals surface area contributed by atoms with E-state index in [4.69, 9.17) is 9.78 Å². The number of hydrogen-bond acceptors (Lipinski definition) is 3. The normalized spacial score (nSPS) is 10.8. The minimum atomic E-state index is -0.492. The van der Waals surface area contributed by atoms with Gasteiger partial charge in [0.25, 0.3) is 0 Å². The van der Waals surface area contributed by atoms with Gasteiger partial charge in [0.2, 0.25) is 0 Å². The van der Waals surface area contributed by atoms with Crippen LogP contribution in [0, 0.1) is 0 Å². The van der Waals surface area contributed by atoms with Crippen molar-refractivity contribution in [3.8, 4) is 5.75 Å². The minimum Gasteiger partial charge on any atom is -0.286 e. The van der Waals surface area contributed by atoms with Crippen LogP contribution in [0.4, 0.5) is 0 Å². The van der Waals surface area contributed by atoms with Crippen LogP contribution in [0.1, 0.15) is 64.4 Å². The Kier molecular flexibility index (Phi) is 9.84. The van der Waals surface area contributed by atoms with Crippen molar-refractivity contribution in [2.24, 2.45) is 0 Å². The lowest BCUT2D eigenvalue weighted by Crippen LogP contribution is -2.06. The van der Waals surface area contributed by atoms with Crippen molar-refractivity contribution in [3.63, 3.8) is 0 Å². The fourth-order valence-corrected chi connectivity index (χ4v) is 2.31. The van der Waals surface area contributed by atoms with Gasteiger partial charge in [0, 0.05) is 6.08 Å². The third kappa shape index (κ3) is 7.87. The minimum absolute atomic E-state index is 0.492. The first kappa shape index (κ1) is 18.3. The lowest BCUT2D eigenvalue weighted by Gasteiger charge is -2.08. The largest absolute Gasteiger partial charge is 0.378 e. The molecule has 0 N–H and O–H groups in total. The summed E-state index contributed by atoms with van der Waals surface area (Å²) in [5, 5.41) is 0. The molecule has 0 atom stereocenters. The van der Waals surface area contributed by atoms with Crippen LogP contribution in [-0.4, -0.2) is 5.97 Å². The third-order valence-electron chi connectivity index (χ3n) is 3.54. The van der Waals surface area contributed by atoms with E-state index in [0.29, 0.717) is 5.75 Å². The summed E-state index contributed by atoms with van der Waals surface area (Å²) in [5.41, 5.74) is 1.09. The quantitative estimate of drug-likeness (QED) is 0.238. The highest BCUT2D eigenvalue weighted by Crippen LogP contribution is 2.21. The molecule has 0 heterocycles. The molecule has 3 heteroatoms. The number of unbranched alkanes of at least 4 members (excludes halogenated alkanes) is 6. The lowest BCUT2D eigenvalue weighted by atomic mass is 10.0. The van der Waals surface area contributed by atoms with E-state index >= 15 is 0 Å². The first-order valence-corrected chi connectivity index (χ1v) is 8.37. The molecule has 3 nitrogen and oxygen atoms in total. The maximum atomic E-state index is 11.3. The number of hydrogen-bond donors (Lipinski definition) is 0. The van der Waals surface area contributed by atoms with Crippen LogP contribution in [0.2, 0.25) is 0 Å². The van der Waals surface area contributed by atoms with Crippen molar-refractivity contribution in [2.75, 3.05) is 0 Å².